The molecular weight excluding hydrogens is 304 g/mol. The summed E-state index contributed by atoms with van der Waals surface area (Å²) in [5.74, 6) is 1.05. The second-order valence-corrected chi connectivity index (χ2v) is 5.51. The van der Waals surface area contributed by atoms with Gasteiger partial charge in [-0.15, -0.1) is 0 Å². The third-order valence-electron chi connectivity index (χ3n) is 3.50. The van der Waals surface area contributed by atoms with Gasteiger partial charge in [0.1, 0.15) is 0 Å². The van der Waals surface area contributed by atoms with Crippen molar-refractivity contribution in [3.8, 4) is 11.4 Å². The van der Waals surface area contributed by atoms with Crippen molar-refractivity contribution in [1.82, 2.24) is 15.5 Å². The van der Waals surface area contributed by atoms with E-state index in [9.17, 15) is 4.79 Å². The largest absolute Gasteiger partial charge is 0.339 e. The van der Waals surface area contributed by atoms with E-state index in [-0.39, 0.29) is 6.03 Å². The van der Waals surface area contributed by atoms with Gasteiger partial charge in [-0.2, -0.15) is 4.98 Å². The van der Waals surface area contributed by atoms with E-state index in [2.05, 4.69) is 20.8 Å². The molecule has 0 unspecified atom stereocenters. The number of hydrogen-bond donors (Lipinski definition) is 2. The van der Waals surface area contributed by atoms with Crippen LogP contribution in [0.25, 0.3) is 11.4 Å². The minimum atomic E-state index is -0.251. The molecule has 0 saturated heterocycles. The van der Waals surface area contributed by atoms with Gasteiger partial charge in [0.05, 0.1) is 0 Å². The molecule has 0 atom stereocenters. The van der Waals surface area contributed by atoms with Crippen LogP contribution in [-0.2, 0) is 6.54 Å². The molecule has 1 aromatic heterocycles. The van der Waals surface area contributed by atoms with E-state index in [1.807, 2.05) is 43.3 Å². The maximum Gasteiger partial charge on any atom is 0.319 e. The van der Waals surface area contributed by atoms with Crippen LogP contribution in [0.4, 0.5) is 10.5 Å². The quantitative estimate of drug-likeness (QED) is 0.768. The Balaban J connectivity index is 1.55. The van der Waals surface area contributed by atoms with Crippen LogP contribution in [0.15, 0.2) is 53.1 Å². The summed E-state index contributed by atoms with van der Waals surface area (Å²) in [6.07, 6.45) is 0. The van der Waals surface area contributed by atoms with Crippen molar-refractivity contribution in [1.29, 1.82) is 0 Å². The summed E-state index contributed by atoms with van der Waals surface area (Å²) in [5, 5.41) is 9.48. The Bertz CT molecular complexity index is 823. The number of aromatic nitrogens is 2. The molecule has 1 heterocycles. The smallest absolute Gasteiger partial charge is 0.319 e. The monoisotopic (exact) mass is 322 g/mol. The average molecular weight is 322 g/mol. The maximum atomic E-state index is 11.9. The first-order valence-corrected chi connectivity index (χ1v) is 7.61. The number of rotatable bonds is 4. The second-order valence-electron chi connectivity index (χ2n) is 5.51. The Hall–Kier alpha value is -3.15. The van der Waals surface area contributed by atoms with Crippen LogP contribution in [0.5, 0.6) is 0 Å². The predicted octanol–water partition coefficient (Wildman–Crippen LogP) is 3.68. The summed E-state index contributed by atoms with van der Waals surface area (Å²) in [4.78, 5) is 16.1. The Morgan fingerprint density at radius 2 is 1.75 bits per heavy atom. The van der Waals surface area contributed by atoms with Crippen LogP contribution >= 0.6 is 0 Å². The highest BCUT2D eigenvalue weighted by molar-refractivity contribution is 5.89. The predicted molar refractivity (Wildman–Crippen MR) is 91.5 cm³/mol. The van der Waals surface area contributed by atoms with Crippen molar-refractivity contribution in [2.45, 2.75) is 20.4 Å². The van der Waals surface area contributed by atoms with Gasteiger partial charge in [0, 0.05) is 24.7 Å². The first kappa shape index (κ1) is 15.7. The third kappa shape index (κ3) is 3.98. The Labute approximate surface area is 139 Å². The number of anilines is 1. The zero-order valence-electron chi connectivity index (χ0n) is 13.5. The molecule has 0 fully saturated rings. The minimum absolute atomic E-state index is 0.251. The van der Waals surface area contributed by atoms with Crippen molar-refractivity contribution in [3.05, 3.63) is 65.5 Å². The lowest BCUT2D eigenvalue weighted by Gasteiger charge is -2.08. The highest BCUT2D eigenvalue weighted by atomic mass is 16.5. The van der Waals surface area contributed by atoms with E-state index in [0.29, 0.717) is 23.9 Å². The lowest BCUT2D eigenvalue weighted by Crippen LogP contribution is -2.28. The highest BCUT2D eigenvalue weighted by Crippen LogP contribution is 2.18. The summed E-state index contributed by atoms with van der Waals surface area (Å²) < 4.78 is 4.95. The van der Waals surface area contributed by atoms with Gasteiger partial charge >= 0.3 is 6.03 Å². The molecule has 3 rings (SSSR count). The van der Waals surface area contributed by atoms with Crippen molar-refractivity contribution in [2.24, 2.45) is 0 Å². The molecule has 0 aliphatic heterocycles. The van der Waals surface area contributed by atoms with Crippen LogP contribution < -0.4 is 10.6 Å². The number of carbonyl (C=O) groups excluding carboxylic acids is 1. The molecule has 6 heteroatoms. The molecule has 24 heavy (non-hydrogen) atoms. The summed E-state index contributed by atoms with van der Waals surface area (Å²) >= 11 is 0. The second kappa shape index (κ2) is 6.95. The van der Waals surface area contributed by atoms with Crippen LogP contribution in [-0.4, -0.2) is 16.2 Å². The van der Waals surface area contributed by atoms with Crippen LogP contribution in [0, 0.1) is 13.8 Å². The normalized spacial score (nSPS) is 10.4. The minimum Gasteiger partial charge on any atom is -0.339 e. The Morgan fingerprint density at radius 3 is 2.38 bits per heavy atom. The lowest BCUT2D eigenvalue weighted by molar-refractivity contribution is 0.251. The Kier molecular flexibility index (Phi) is 4.56. The summed E-state index contributed by atoms with van der Waals surface area (Å²) in [5.41, 5.74) is 3.77. The van der Waals surface area contributed by atoms with Gasteiger partial charge < -0.3 is 15.2 Å². The standard InChI is InChI=1S/C18H18N4O2/c1-12-3-5-14(6-4-12)11-19-18(23)21-16-9-7-15(8-10-16)17-20-13(2)24-22-17/h3-10H,11H2,1-2H3,(H2,19,21,23). The number of carbonyl (C=O) groups is 1. The molecule has 0 saturated carbocycles. The fourth-order valence-corrected chi connectivity index (χ4v) is 2.18. The van der Waals surface area contributed by atoms with Gasteiger partial charge in [0.2, 0.25) is 11.7 Å². The van der Waals surface area contributed by atoms with Gasteiger partial charge in [-0.3, -0.25) is 0 Å². The van der Waals surface area contributed by atoms with Gasteiger partial charge in [0.25, 0.3) is 0 Å². The zero-order chi connectivity index (χ0) is 16.9. The van der Waals surface area contributed by atoms with E-state index in [1.165, 1.54) is 5.56 Å². The number of hydrogen-bond acceptors (Lipinski definition) is 4. The molecule has 0 spiro atoms. The number of amides is 2. The highest BCUT2D eigenvalue weighted by Gasteiger charge is 2.06. The maximum absolute atomic E-state index is 11.9. The van der Waals surface area contributed by atoms with Crippen molar-refractivity contribution < 1.29 is 9.32 Å². The van der Waals surface area contributed by atoms with Crippen molar-refractivity contribution >= 4 is 11.7 Å². The van der Waals surface area contributed by atoms with E-state index in [1.54, 1.807) is 19.1 Å². The summed E-state index contributed by atoms with van der Waals surface area (Å²) in [7, 11) is 0. The molecule has 0 bridgehead atoms. The van der Waals surface area contributed by atoms with Crippen LogP contribution in [0.1, 0.15) is 17.0 Å². The topological polar surface area (TPSA) is 80.0 Å². The molecule has 0 radical (unpaired) electrons. The molecule has 6 nitrogen and oxygen atoms in total. The van der Waals surface area contributed by atoms with Crippen LogP contribution in [0.2, 0.25) is 0 Å². The van der Waals surface area contributed by atoms with Crippen molar-refractivity contribution in [3.63, 3.8) is 0 Å². The first-order valence-electron chi connectivity index (χ1n) is 7.61. The molecular formula is C18H18N4O2. The number of aryl methyl sites for hydroxylation is 2. The number of benzene rings is 2. The van der Waals surface area contributed by atoms with E-state index in [0.717, 1.165) is 11.1 Å². The average Bonchev–Trinajstić information content (AvgIpc) is 3.01. The zero-order valence-corrected chi connectivity index (χ0v) is 13.5. The third-order valence-corrected chi connectivity index (χ3v) is 3.50. The SMILES string of the molecule is Cc1ccc(CNC(=O)Nc2ccc(-c3noc(C)n3)cc2)cc1. The van der Waals surface area contributed by atoms with E-state index >= 15 is 0 Å². The molecule has 2 amide bonds. The fraction of sp³-hybridized carbons (Fsp3) is 0.167. The van der Waals surface area contributed by atoms with Gasteiger partial charge in [-0.05, 0) is 36.8 Å². The van der Waals surface area contributed by atoms with Crippen molar-refractivity contribution in [2.75, 3.05) is 5.32 Å². The van der Waals surface area contributed by atoms with Gasteiger partial charge in [-0.1, -0.05) is 35.0 Å². The fourth-order valence-electron chi connectivity index (χ4n) is 2.18. The molecule has 0 aliphatic rings. The number of urea groups is 1. The first-order chi connectivity index (χ1) is 11.6. The van der Waals surface area contributed by atoms with Gasteiger partial charge in [0.15, 0.2) is 0 Å². The van der Waals surface area contributed by atoms with E-state index < -0.39 is 0 Å². The molecule has 122 valence electrons. The molecule has 0 aliphatic carbocycles. The number of nitrogens with one attached hydrogen (secondary N) is 2. The molecule has 2 N–H and O–H groups in total. The summed E-state index contributed by atoms with van der Waals surface area (Å²) in [6.45, 7) is 4.25. The van der Waals surface area contributed by atoms with Crippen LogP contribution in [0.3, 0.4) is 0 Å². The molecule has 2 aromatic carbocycles. The molecule has 3 aromatic rings. The Morgan fingerprint density at radius 1 is 1.04 bits per heavy atom. The summed E-state index contributed by atoms with van der Waals surface area (Å²) in [6, 6.07) is 15.0. The number of nitrogens with zero attached hydrogens (tertiary/aromatic N) is 2. The lowest BCUT2D eigenvalue weighted by atomic mass is 10.1. The van der Waals surface area contributed by atoms with Gasteiger partial charge in [-0.25, -0.2) is 4.79 Å². The van der Waals surface area contributed by atoms with E-state index in [4.69, 9.17) is 4.52 Å².